The molecule has 0 aromatic heterocycles. The number of para-hydroxylation sites is 1. The number of hydrogen-bond acceptors (Lipinski definition) is 2. The molecule has 0 amide bonds. The van der Waals surface area contributed by atoms with E-state index in [-0.39, 0.29) is 18.4 Å². The van der Waals surface area contributed by atoms with E-state index in [1.165, 1.54) is 0 Å². The fourth-order valence-corrected chi connectivity index (χ4v) is 2.53. The van der Waals surface area contributed by atoms with Gasteiger partial charge in [0.05, 0.1) is 0 Å². The van der Waals surface area contributed by atoms with Gasteiger partial charge in [-0.15, -0.1) is 12.4 Å². The molecule has 24 heavy (non-hydrogen) atoms. The van der Waals surface area contributed by atoms with Crippen molar-refractivity contribution in [2.45, 2.75) is 19.6 Å². The zero-order valence-electron chi connectivity index (χ0n) is 13.7. The minimum atomic E-state index is 0. The standard InChI is InChI=1S/C21H21NO.ClH/c1-16(22)18-11-13-19(14-12-18)20-9-5-6-10-21(20)23-15-17-7-3-2-4-8-17;/h2-14,16H,15,22H2,1H3;1H/t16-;/m0./s1. The summed E-state index contributed by atoms with van der Waals surface area (Å²) in [4.78, 5) is 0. The third kappa shape index (κ3) is 4.38. The summed E-state index contributed by atoms with van der Waals surface area (Å²) in [5.74, 6) is 0.893. The molecule has 0 saturated carbocycles. The fraction of sp³-hybridized carbons (Fsp3) is 0.143. The molecule has 3 aromatic rings. The first-order chi connectivity index (χ1) is 11.2. The molecular weight excluding hydrogens is 318 g/mol. The summed E-state index contributed by atoms with van der Waals surface area (Å²) in [6, 6.07) is 26.7. The first kappa shape index (κ1) is 18.1. The van der Waals surface area contributed by atoms with E-state index in [0.29, 0.717) is 6.61 Å². The molecule has 0 unspecified atom stereocenters. The van der Waals surface area contributed by atoms with Gasteiger partial charge in [-0.3, -0.25) is 0 Å². The molecule has 3 rings (SSSR count). The van der Waals surface area contributed by atoms with E-state index in [1.54, 1.807) is 0 Å². The normalized spacial score (nSPS) is 11.4. The maximum absolute atomic E-state index is 6.03. The summed E-state index contributed by atoms with van der Waals surface area (Å²) in [6.45, 7) is 2.56. The minimum Gasteiger partial charge on any atom is -0.488 e. The number of nitrogens with two attached hydrogens (primary N) is 1. The Hall–Kier alpha value is -2.29. The highest BCUT2D eigenvalue weighted by atomic mass is 35.5. The van der Waals surface area contributed by atoms with E-state index in [2.05, 4.69) is 42.5 Å². The lowest BCUT2D eigenvalue weighted by Gasteiger charge is -2.13. The van der Waals surface area contributed by atoms with Gasteiger partial charge in [0.25, 0.3) is 0 Å². The SMILES string of the molecule is C[C@H](N)c1ccc(-c2ccccc2OCc2ccccc2)cc1.Cl. The van der Waals surface area contributed by atoms with Crippen molar-refractivity contribution in [3.63, 3.8) is 0 Å². The summed E-state index contributed by atoms with van der Waals surface area (Å²) in [5, 5.41) is 0. The molecule has 0 aliphatic heterocycles. The van der Waals surface area contributed by atoms with Gasteiger partial charge in [0, 0.05) is 11.6 Å². The van der Waals surface area contributed by atoms with Gasteiger partial charge < -0.3 is 10.5 Å². The van der Waals surface area contributed by atoms with E-state index < -0.39 is 0 Å². The van der Waals surface area contributed by atoms with E-state index in [9.17, 15) is 0 Å². The Balaban J connectivity index is 0.00000208. The first-order valence-corrected chi connectivity index (χ1v) is 7.86. The molecular formula is C21H22ClNO. The third-order valence-electron chi connectivity index (χ3n) is 3.87. The lowest BCUT2D eigenvalue weighted by molar-refractivity contribution is 0.307. The Kier molecular flexibility index (Phi) is 6.42. The van der Waals surface area contributed by atoms with Crippen LogP contribution in [0.3, 0.4) is 0 Å². The van der Waals surface area contributed by atoms with Crippen molar-refractivity contribution in [1.29, 1.82) is 0 Å². The van der Waals surface area contributed by atoms with Crippen molar-refractivity contribution >= 4 is 12.4 Å². The molecule has 0 heterocycles. The van der Waals surface area contributed by atoms with Crippen molar-refractivity contribution in [2.75, 3.05) is 0 Å². The van der Waals surface area contributed by atoms with Crippen LogP contribution in [-0.4, -0.2) is 0 Å². The van der Waals surface area contributed by atoms with Crippen LogP contribution >= 0.6 is 12.4 Å². The third-order valence-corrected chi connectivity index (χ3v) is 3.87. The molecule has 2 N–H and O–H groups in total. The van der Waals surface area contributed by atoms with E-state index in [0.717, 1.165) is 28.0 Å². The van der Waals surface area contributed by atoms with Crippen LogP contribution in [-0.2, 0) is 6.61 Å². The van der Waals surface area contributed by atoms with Crippen LogP contribution in [0.25, 0.3) is 11.1 Å². The molecule has 3 aromatic carbocycles. The molecule has 0 spiro atoms. The van der Waals surface area contributed by atoms with Gasteiger partial charge in [-0.1, -0.05) is 72.8 Å². The number of rotatable bonds is 5. The maximum Gasteiger partial charge on any atom is 0.127 e. The predicted octanol–water partition coefficient (Wildman–Crippen LogP) is 5.37. The Morgan fingerprint density at radius 3 is 2.12 bits per heavy atom. The van der Waals surface area contributed by atoms with Gasteiger partial charge in [0.15, 0.2) is 0 Å². The summed E-state index contributed by atoms with van der Waals surface area (Å²) in [6.07, 6.45) is 0. The molecule has 0 aliphatic carbocycles. The van der Waals surface area contributed by atoms with Crippen LogP contribution in [0.1, 0.15) is 24.1 Å². The van der Waals surface area contributed by atoms with Crippen LogP contribution in [0, 0.1) is 0 Å². The number of benzene rings is 3. The van der Waals surface area contributed by atoms with Crippen LogP contribution in [0.15, 0.2) is 78.9 Å². The van der Waals surface area contributed by atoms with Gasteiger partial charge in [-0.05, 0) is 29.7 Å². The Morgan fingerprint density at radius 1 is 0.833 bits per heavy atom. The lowest BCUT2D eigenvalue weighted by atomic mass is 10.0. The van der Waals surface area contributed by atoms with E-state index >= 15 is 0 Å². The second kappa shape index (κ2) is 8.53. The number of hydrogen-bond donors (Lipinski definition) is 1. The second-order valence-electron chi connectivity index (χ2n) is 5.68. The summed E-state index contributed by atoms with van der Waals surface area (Å²) < 4.78 is 6.03. The first-order valence-electron chi connectivity index (χ1n) is 7.86. The monoisotopic (exact) mass is 339 g/mol. The molecule has 0 radical (unpaired) electrons. The van der Waals surface area contributed by atoms with Crippen molar-refractivity contribution < 1.29 is 4.74 Å². The molecule has 3 heteroatoms. The smallest absolute Gasteiger partial charge is 0.127 e. The average molecular weight is 340 g/mol. The molecule has 124 valence electrons. The van der Waals surface area contributed by atoms with Crippen molar-refractivity contribution in [1.82, 2.24) is 0 Å². The van der Waals surface area contributed by atoms with Crippen molar-refractivity contribution in [2.24, 2.45) is 5.73 Å². The van der Waals surface area contributed by atoms with Crippen LogP contribution < -0.4 is 10.5 Å². The number of ether oxygens (including phenoxy) is 1. The van der Waals surface area contributed by atoms with Crippen molar-refractivity contribution in [3.05, 3.63) is 90.0 Å². The zero-order valence-corrected chi connectivity index (χ0v) is 14.5. The minimum absolute atomic E-state index is 0. The van der Waals surface area contributed by atoms with Crippen LogP contribution in [0.2, 0.25) is 0 Å². The van der Waals surface area contributed by atoms with Gasteiger partial charge in [0.1, 0.15) is 12.4 Å². The molecule has 1 atom stereocenters. The van der Waals surface area contributed by atoms with Crippen LogP contribution in [0.5, 0.6) is 5.75 Å². The summed E-state index contributed by atoms with van der Waals surface area (Å²) in [7, 11) is 0. The average Bonchev–Trinajstić information content (AvgIpc) is 2.61. The Morgan fingerprint density at radius 2 is 1.46 bits per heavy atom. The lowest BCUT2D eigenvalue weighted by Crippen LogP contribution is -2.04. The highest BCUT2D eigenvalue weighted by Crippen LogP contribution is 2.31. The Bertz CT molecular complexity index is 754. The number of halogens is 1. The topological polar surface area (TPSA) is 35.2 Å². The second-order valence-corrected chi connectivity index (χ2v) is 5.68. The maximum atomic E-state index is 6.03. The Labute approximate surface area is 149 Å². The van der Waals surface area contributed by atoms with E-state index in [4.69, 9.17) is 10.5 Å². The summed E-state index contributed by atoms with van der Waals surface area (Å²) in [5.41, 5.74) is 10.5. The predicted molar refractivity (Wildman–Crippen MR) is 103 cm³/mol. The molecule has 0 bridgehead atoms. The molecule has 0 fully saturated rings. The molecule has 0 aliphatic rings. The largest absolute Gasteiger partial charge is 0.488 e. The summed E-state index contributed by atoms with van der Waals surface area (Å²) >= 11 is 0. The zero-order chi connectivity index (χ0) is 16.1. The fourth-order valence-electron chi connectivity index (χ4n) is 2.53. The van der Waals surface area contributed by atoms with Crippen LogP contribution in [0.4, 0.5) is 0 Å². The highest BCUT2D eigenvalue weighted by molar-refractivity contribution is 5.85. The molecule has 0 saturated heterocycles. The van der Waals surface area contributed by atoms with Crippen molar-refractivity contribution in [3.8, 4) is 16.9 Å². The van der Waals surface area contributed by atoms with Gasteiger partial charge in [0.2, 0.25) is 0 Å². The quantitative estimate of drug-likeness (QED) is 0.677. The van der Waals surface area contributed by atoms with Gasteiger partial charge in [-0.25, -0.2) is 0 Å². The van der Waals surface area contributed by atoms with Gasteiger partial charge >= 0.3 is 0 Å². The highest BCUT2D eigenvalue weighted by Gasteiger charge is 2.07. The molecule has 2 nitrogen and oxygen atoms in total. The van der Waals surface area contributed by atoms with E-state index in [1.807, 2.05) is 43.3 Å². The van der Waals surface area contributed by atoms with Gasteiger partial charge in [-0.2, -0.15) is 0 Å².